The fourth-order valence-electron chi connectivity index (χ4n) is 5.22. The molecule has 0 radical (unpaired) electrons. The molecule has 51 heavy (non-hydrogen) atoms. The lowest BCUT2D eigenvalue weighted by Gasteiger charge is -2.36. The van der Waals surface area contributed by atoms with Crippen LogP contribution in [0.5, 0.6) is 0 Å². The van der Waals surface area contributed by atoms with Crippen LogP contribution in [-0.4, -0.2) is 74.5 Å². The fraction of sp³-hybridized carbons (Fsp3) is 0.553. The number of fused-ring (bicyclic) bond motifs is 1. The van der Waals surface area contributed by atoms with Crippen LogP contribution in [0, 0.1) is 17.2 Å². The molecule has 0 aliphatic carbocycles. The molecule has 0 saturated carbocycles. The highest BCUT2D eigenvalue weighted by Crippen LogP contribution is 2.22. The van der Waals surface area contributed by atoms with Gasteiger partial charge in [-0.2, -0.15) is 0 Å². The molecule has 2 amide bonds. The van der Waals surface area contributed by atoms with E-state index < -0.39 is 41.3 Å². The van der Waals surface area contributed by atoms with Gasteiger partial charge in [0.05, 0.1) is 35.3 Å². The number of nitrogens with one attached hydrogen (secondary N) is 3. The van der Waals surface area contributed by atoms with E-state index >= 15 is 0 Å². The molecule has 1 aromatic carbocycles. The van der Waals surface area contributed by atoms with Crippen LogP contribution in [0.2, 0.25) is 0 Å². The van der Waals surface area contributed by atoms with Crippen molar-refractivity contribution in [3.05, 3.63) is 53.9 Å². The van der Waals surface area contributed by atoms with E-state index in [4.69, 9.17) is 24.6 Å². The average molecular weight is 707 g/mol. The predicted octanol–water partition coefficient (Wildman–Crippen LogP) is 5.60. The highest BCUT2D eigenvalue weighted by molar-refractivity contribution is 5.90. The number of benzene rings is 1. The summed E-state index contributed by atoms with van der Waals surface area (Å²) in [6, 6.07) is 4.17. The molecule has 3 N–H and O–H groups in total. The van der Waals surface area contributed by atoms with Crippen molar-refractivity contribution < 1.29 is 33.4 Å². The van der Waals surface area contributed by atoms with E-state index in [1.807, 2.05) is 58.9 Å². The highest BCUT2D eigenvalue weighted by atomic mass is 16.6. The molecule has 2 aromatic rings. The van der Waals surface area contributed by atoms with Crippen LogP contribution >= 0.6 is 0 Å². The third-order valence-electron chi connectivity index (χ3n) is 7.69. The number of aromatic nitrogens is 2. The van der Waals surface area contributed by atoms with Crippen LogP contribution in [0.3, 0.4) is 0 Å². The van der Waals surface area contributed by atoms with Crippen molar-refractivity contribution in [3.8, 4) is 0 Å². The monoisotopic (exact) mass is 706 g/mol. The Morgan fingerprint density at radius 1 is 1.04 bits per heavy atom. The number of esters is 2. The summed E-state index contributed by atoms with van der Waals surface area (Å²) >= 11 is 0. The van der Waals surface area contributed by atoms with Gasteiger partial charge < -0.3 is 19.5 Å². The van der Waals surface area contributed by atoms with Gasteiger partial charge in [-0.25, -0.2) is 15.2 Å². The van der Waals surface area contributed by atoms with Gasteiger partial charge in [0, 0.05) is 12.6 Å². The van der Waals surface area contributed by atoms with E-state index in [9.17, 15) is 19.2 Å². The predicted molar refractivity (Wildman–Crippen MR) is 195 cm³/mol. The number of nitrogens with zero attached hydrogens (tertiary/aromatic N) is 3. The van der Waals surface area contributed by atoms with Crippen molar-refractivity contribution in [1.29, 1.82) is 5.41 Å². The summed E-state index contributed by atoms with van der Waals surface area (Å²) in [5.74, 6) is -2.43. The van der Waals surface area contributed by atoms with Gasteiger partial charge in [-0.3, -0.25) is 29.8 Å². The van der Waals surface area contributed by atoms with Gasteiger partial charge >= 0.3 is 11.9 Å². The number of amides is 2. The summed E-state index contributed by atoms with van der Waals surface area (Å²) in [6.07, 6.45) is 8.68. The zero-order valence-corrected chi connectivity index (χ0v) is 31.5. The Morgan fingerprint density at radius 2 is 1.73 bits per heavy atom. The Kier molecular flexibility index (Phi) is 14.0. The molecule has 278 valence electrons. The third kappa shape index (κ3) is 13.2. The Hall–Kier alpha value is -4.65. The van der Waals surface area contributed by atoms with Crippen molar-refractivity contribution in [2.24, 2.45) is 11.8 Å². The standard InChI is InChI=1S/C38H54N6O7/c1-23(2)27(17-19-33(46)51-38(8,9)10)35(47)41-24(3)36(48)44-20-12-14-29(43-44)34(39)49-25(4)31-22-40-28-18-16-26(21-30(28)42-31)13-11-15-32(45)50-37(5,6)7/h11,13,16-19,21-25,27,29,39,43H,12,14-15,20H2,1-10H3,(H,41,47)/b13-11+,19-17+,39-34?/t24?,25-,27?,29+/m1/s1. The van der Waals surface area contributed by atoms with E-state index in [0.717, 1.165) is 5.56 Å². The maximum Gasteiger partial charge on any atom is 0.330 e. The van der Waals surface area contributed by atoms with Crippen LogP contribution in [0.15, 0.2) is 42.6 Å². The van der Waals surface area contributed by atoms with Crippen LogP contribution in [0.4, 0.5) is 0 Å². The lowest BCUT2D eigenvalue weighted by atomic mass is 9.94. The molecule has 1 fully saturated rings. The Morgan fingerprint density at radius 3 is 2.37 bits per heavy atom. The molecular formula is C38H54N6O7. The lowest BCUT2D eigenvalue weighted by molar-refractivity contribution is -0.153. The number of carbonyl (C=O) groups is 4. The smallest absolute Gasteiger partial charge is 0.330 e. The average Bonchev–Trinajstić information content (AvgIpc) is 3.02. The molecular weight excluding hydrogens is 652 g/mol. The summed E-state index contributed by atoms with van der Waals surface area (Å²) < 4.78 is 16.6. The lowest BCUT2D eigenvalue weighted by Crippen LogP contribution is -2.59. The number of ether oxygens (including phenoxy) is 3. The van der Waals surface area contributed by atoms with Crippen molar-refractivity contribution in [1.82, 2.24) is 25.7 Å². The normalized spacial score (nSPS) is 17.3. The van der Waals surface area contributed by atoms with Gasteiger partial charge in [0.2, 0.25) is 11.8 Å². The summed E-state index contributed by atoms with van der Waals surface area (Å²) in [5.41, 5.74) is 4.59. The van der Waals surface area contributed by atoms with Gasteiger partial charge in [-0.05, 0) is 91.8 Å². The second-order valence-corrected chi connectivity index (χ2v) is 15.1. The molecule has 0 bridgehead atoms. The minimum Gasteiger partial charge on any atom is -0.470 e. The molecule has 13 nitrogen and oxygen atoms in total. The summed E-state index contributed by atoms with van der Waals surface area (Å²) in [7, 11) is 0. The number of hydrogen-bond acceptors (Lipinski definition) is 11. The molecule has 0 spiro atoms. The topological polar surface area (TPSA) is 173 Å². The molecule has 1 aliphatic heterocycles. The molecule has 4 atom stereocenters. The summed E-state index contributed by atoms with van der Waals surface area (Å²) in [4.78, 5) is 59.9. The van der Waals surface area contributed by atoms with Crippen LogP contribution < -0.4 is 10.7 Å². The maximum atomic E-state index is 13.4. The number of hydrazine groups is 1. The zero-order chi connectivity index (χ0) is 38.1. The molecule has 1 saturated heterocycles. The van der Waals surface area contributed by atoms with Crippen molar-refractivity contribution in [2.75, 3.05) is 6.54 Å². The van der Waals surface area contributed by atoms with Crippen molar-refractivity contribution >= 4 is 46.8 Å². The molecule has 1 aromatic heterocycles. The molecule has 3 rings (SSSR count). The second kappa shape index (κ2) is 17.5. The first-order chi connectivity index (χ1) is 23.7. The van der Waals surface area contributed by atoms with Gasteiger partial charge in [0.15, 0.2) is 0 Å². The Balaban J connectivity index is 1.59. The first kappa shape index (κ1) is 40.8. The molecule has 2 heterocycles. The minimum atomic E-state index is -0.862. The van der Waals surface area contributed by atoms with Crippen molar-refractivity contribution in [2.45, 2.75) is 118 Å². The zero-order valence-electron chi connectivity index (χ0n) is 31.5. The minimum absolute atomic E-state index is 0.0513. The highest BCUT2D eigenvalue weighted by Gasteiger charge is 2.32. The second-order valence-electron chi connectivity index (χ2n) is 15.1. The SMILES string of the molecule is CC(NC(=O)C(/C=C/C(=O)OC(C)(C)C)C(C)C)C(=O)N1CCC[C@@H](C(=N)O[C@H](C)c2cnc3ccc(/C=C/CC(=O)OC(C)(C)C)cc3n2)N1. The summed E-state index contributed by atoms with van der Waals surface area (Å²) in [6.45, 7) is 18.3. The summed E-state index contributed by atoms with van der Waals surface area (Å²) in [5, 5.41) is 12.9. The van der Waals surface area contributed by atoms with E-state index in [0.29, 0.717) is 36.1 Å². The maximum absolute atomic E-state index is 13.4. The van der Waals surface area contributed by atoms with Crippen LogP contribution in [-0.2, 0) is 33.4 Å². The van der Waals surface area contributed by atoms with E-state index in [1.54, 1.807) is 46.9 Å². The molecule has 1 aliphatic rings. The third-order valence-corrected chi connectivity index (χ3v) is 7.69. The largest absolute Gasteiger partial charge is 0.470 e. The molecule has 2 unspecified atom stereocenters. The van der Waals surface area contributed by atoms with Gasteiger partial charge in [0.1, 0.15) is 29.4 Å². The number of hydrogen-bond donors (Lipinski definition) is 3. The van der Waals surface area contributed by atoms with Gasteiger partial charge in [0.25, 0.3) is 5.91 Å². The first-order valence-electron chi connectivity index (χ1n) is 17.4. The van der Waals surface area contributed by atoms with Crippen LogP contribution in [0.25, 0.3) is 17.1 Å². The quantitative estimate of drug-likeness (QED) is 0.109. The van der Waals surface area contributed by atoms with Gasteiger partial charge in [-0.1, -0.05) is 38.1 Å². The molecule has 13 heteroatoms. The Bertz CT molecular complexity index is 1640. The van der Waals surface area contributed by atoms with Crippen molar-refractivity contribution in [3.63, 3.8) is 0 Å². The fourth-order valence-corrected chi connectivity index (χ4v) is 5.22. The van der Waals surface area contributed by atoms with Gasteiger partial charge in [-0.15, -0.1) is 0 Å². The van der Waals surface area contributed by atoms with E-state index in [-0.39, 0.29) is 36.0 Å². The van der Waals surface area contributed by atoms with Crippen LogP contribution in [0.1, 0.15) is 106 Å². The first-order valence-corrected chi connectivity index (χ1v) is 17.4. The van der Waals surface area contributed by atoms with E-state index in [1.165, 1.54) is 17.2 Å². The van der Waals surface area contributed by atoms with E-state index in [2.05, 4.69) is 15.7 Å². The number of carbonyl (C=O) groups excluding carboxylic acids is 4. The number of rotatable bonds is 12. The Labute approximate surface area is 301 Å².